The summed E-state index contributed by atoms with van der Waals surface area (Å²) >= 11 is 15.0. The molecule has 1 aliphatic carbocycles. The van der Waals surface area contributed by atoms with Crippen LogP contribution in [0.5, 0.6) is 0 Å². The molecule has 6 N–H and O–H groups in total. The highest BCUT2D eigenvalue weighted by molar-refractivity contribution is 7.99. The average molecular weight is 520 g/mol. The number of fused-ring (bicyclic) bond motifs is 1. The second-order valence-electron chi connectivity index (χ2n) is 8.09. The summed E-state index contributed by atoms with van der Waals surface area (Å²) < 4.78 is 0.542. The van der Waals surface area contributed by atoms with E-state index in [2.05, 4.69) is 30.9 Å². The van der Waals surface area contributed by atoms with Gasteiger partial charge in [0.05, 0.1) is 16.8 Å². The maximum absolute atomic E-state index is 9.77. The summed E-state index contributed by atoms with van der Waals surface area (Å²) in [4.78, 5) is 21.3. The summed E-state index contributed by atoms with van der Waals surface area (Å²) in [6.45, 7) is 1.39. The van der Waals surface area contributed by atoms with Gasteiger partial charge in [-0.05, 0) is 30.7 Å². The molecule has 0 radical (unpaired) electrons. The Morgan fingerprint density at radius 2 is 1.94 bits per heavy atom. The minimum absolute atomic E-state index is 0.0468. The Balaban J connectivity index is 1.36. The minimum Gasteiger partial charge on any atom is -0.382 e. The standard InChI is InChI=1S/C20H19Cl2N9S2/c21-12-10(1-4-27-15(12)25)32-18-16(26)30-17(9(8-23)28-18)31-5-2-20(3-6-31)7-11-13(14(20)24)29-19(22)33-11/h1,4,14H,2-3,5-7,24H2,(H2,25,27)(H2,26,30)/t14-/m1/s1. The summed E-state index contributed by atoms with van der Waals surface area (Å²) in [7, 11) is 0. The van der Waals surface area contributed by atoms with Crippen LogP contribution in [0.1, 0.15) is 35.1 Å². The van der Waals surface area contributed by atoms with Crippen molar-refractivity contribution in [3.05, 3.63) is 38.0 Å². The molecule has 0 saturated carbocycles. The lowest BCUT2D eigenvalue weighted by atomic mass is 9.73. The number of hydrogen-bond donors (Lipinski definition) is 3. The molecule has 1 atom stereocenters. The number of pyridine rings is 1. The van der Waals surface area contributed by atoms with Gasteiger partial charge in [-0.2, -0.15) is 5.26 Å². The number of piperidine rings is 1. The molecule has 5 rings (SSSR count). The molecule has 0 amide bonds. The summed E-state index contributed by atoms with van der Waals surface area (Å²) in [6.07, 6.45) is 4.13. The van der Waals surface area contributed by atoms with Crippen LogP contribution in [0.25, 0.3) is 0 Å². The van der Waals surface area contributed by atoms with Crippen molar-refractivity contribution in [2.75, 3.05) is 29.5 Å². The highest BCUT2D eigenvalue weighted by atomic mass is 35.5. The molecule has 13 heteroatoms. The lowest BCUT2D eigenvalue weighted by molar-refractivity contribution is 0.186. The van der Waals surface area contributed by atoms with E-state index in [0.29, 0.717) is 38.3 Å². The molecule has 0 bridgehead atoms. The molecule has 1 saturated heterocycles. The Morgan fingerprint density at radius 3 is 2.64 bits per heavy atom. The van der Waals surface area contributed by atoms with Crippen molar-refractivity contribution >= 4 is 63.8 Å². The van der Waals surface area contributed by atoms with Crippen molar-refractivity contribution in [1.82, 2.24) is 19.9 Å². The average Bonchev–Trinajstić information content (AvgIpc) is 3.27. The van der Waals surface area contributed by atoms with Crippen LogP contribution in [0, 0.1) is 16.7 Å². The van der Waals surface area contributed by atoms with Gasteiger partial charge in [0.1, 0.15) is 16.9 Å². The molecule has 3 aromatic heterocycles. The summed E-state index contributed by atoms with van der Waals surface area (Å²) in [5.74, 6) is 0.917. The van der Waals surface area contributed by atoms with Crippen LogP contribution in [-0.4, -0.2) is 33.0 Å². The molecule has 1 aliphatic heterocycles. The van der Waals surface area contributed by atoms with Gasteiger partial charge in [-0.25, -0.2) is 19.9 Å². The number of halogens is 2. The van der Waals surface area contributed by atoms with E-state index in [-0.39, 0.29) is 28.8 Å². The van der Waals surface area contributed by atoms with E-state index >= 15 is 0 Å². The molecule has 0 unspecified atom stereocenters. The van der Waals surface area contributed by atoms with E-state index in [1.54, 1.807) is 12.3 Å². The maximum atomic E-state index is 9.77. The molecule has 9 nitrogen and oxygen atoms in total. The molecule has 3 aromatic rings. The van der Waals surface area contributed by atoms with Crippen LogP contribution in [0.2, 0.25) is 9.49 Å². The Kier molecular flexibility index (Phi) is 5.74. The minimum atomic E-state index is -0.138. The molecule has 4 heterocycles. The van der Waals surface area contributed by atoms with Crippen LogP contribution in [-0.2, 0) is 6.42 Å². The predicted molar refractivity (Wildman–Crippen MR) is 131 cm³/mol. The van der Waals surface area contributed by atoms with E-state index in [1.807, 2.05) is 0 Å². The fourth-order valence-corrected chi connectivity index (χ4v) is 6.89. The van der Waals surface area contributed by atoms with Gasteiger partial charge in [-0.3, -0.25) is 0 Å². The first-order valence-electron chi connectivity index (χ1n) is 10.1. The number of rotatable bonds is 3. The molecular formula is C20H19Cl2N9S2. The van der Waals surface area contributed by atoms with Crippen LogP contribution in [0.3, 0.4) is 0 Å². The van der Waals surface area contributed by atoms with Gasteiger partial charge < -0.3 is 22.1 Å². The Morgan fingerprint density at radius 1 is 1.18 bits per heavy atom. The summed E-state index contributed by atoms with van der Waals surface area (Å²) in [6, 6.07) is 3.73. The number of aromatic nitrogens is 4. The number of nitrogen functional groups attached to an aromatic ring is 2. The fraction of sp³-hybridized carbons (Fsp3) is 0.350. The lowest BCUT2D eigenvalue weighted by Gasteiger charge is -2.42. The van der Waals surface area contributed by atoms with Gasteiger partial charge in [0.25, 0.3) is 0 Å². The van der Waals surface area contributed by atoms with Crippen LogP contribution in [0.15, 0.2) is 22.2 Å². The number of nitrogens with two attached hydrogens (primary N) is 3. The van der Waals surface area contributed by atoms with Crippen molar-refractivity contribution < 1.29 is 0 Å². The first kappa shape index (κ1) is 22.4. The van der Waals surface area contributed by atoms with Gasteiger partial charge >= 0.3 is 0 Å². The molecule has 2 aliphatic rings. The molecular weight excluding hydrogens is 501 g/mol. The van der Waals surface area contributed by atoms with Gasteiger partial charge in [-0.15, -0.1) is 11.3 Å². The van der Waals surface area contributed by atoms with Crippen molar-refractivity contribution in [3.8, 4) is 6.07 Å². The first-order valence-corrected chi connectivity index (χ1v) is 12.5. The van der Waals surface area contributed by atoms with Gasteiger partial charge in [0, 0.05) is 29.1 Å². The summed E-state index contributed by atoms with van der Waals surface area (Å²) in [5.41, 5.74) is 19.7. The van der Waals surface area contributed by atoms with Gasteiger partial charge in [0.15, 0.2) is 21.8 Å². The zero-order valence-electron chi connectivity index (χ0n) is 17.3. The van der Waals surface area contributed by atoms with Gasteiger partial charge in [-0.1, -0.05) is 35.0 Å². The van der Waals surface area contributed by atoms with E-state index in [0.717, 1.165) is 25.0 Å². The number of nitriles is 1. The summed E-state index contributed by atoms with van der Waals surface area (Å²) in [5, 5.41) is 10.5. The number of nitrogens with zero attached hydrogens (tertiary/aromatic N) is 6. The van der Waals surface area contributed by atoms with Crippen LogP contribution in [0.4, 0.5) is 17.5 Å². The Hall–Kier alpha value is -2.36. The maximum Gasteiger partial charge on any atom is 0.184 e. The smallest absolute Gasteiger partial charge is 0.184 e. The molecule has 33 heavy (non-hydrogen) atoms. The fourth-order valence-electron chi connectivity index (χ4n) is 4.49. The van der Waals surface area contributed by atoms with Crippen molar-refractivity contribution in [2.45, 2.75) is 35.2 Å². The third kappa shape index (κ3) is 3.86. The Labute approximate surface area is 208 Å². The molecule has 1 fully saturated rings. The number of anilines is 3. The molecule has 0 aromatic carbocycles. The van der Waals surface area contributed by atoms with E-state index in [9.17, 15) is 5.26 Å². The largest absolute Gasteiger partial charge is 0.382 e. The normalized spacial score (nSPS) is 19.0. The Bertz CT molecular complexity index is 1280. The first-order chi connectivity index (χ1) is 15.8. The number of hydrogen-bond acceptors (Lipinski definition) is 11. The third-order valence-corrected chi connectivity index (χ3v) is 9.03. The highest BCUT2D eigenvalue weighted by Crippen LogP contribution is 2.53. The van der Waals surface area contributed by atoms with Gasteiger partial charge in [0.2, 0.25) is 0 Å². The van der Waals surface area contributed by atoms with Crippen LogP contribution < -0.4 is 22.1 Å². The quantitative estimate of drug-likeness (QED) is 0.466. The predicted octanol–water partition coefficient (Wildman–Crippen LogP) is 3.66. The zero-order chi connectivity index (χ0) is 23.3. The SMILES string of the molecule is N#Cc1nc(Sc2ccnc(N)c2Cl)c(N)nc1N1CCC2(CC1)Cc1sc(Cl)nc1[C@H]2N. The third-order valence-electron chi connectivity index (χ3n) is 6.29. The van der Waals surface area contributed by atoms with E-state index in [4.69, 9.17) is 40.4 Å². The number of thiazole rings is 1. The highest BCUT2D eigenvalue weighted by Gasteiger charge is 2.48. The second kappa shape index (κ2) is 8.45. The molecule has 170 valence electrons. The monoisotopic (exact) mass is 519 g/mol. The van der Waals surface area contributed by atoms with Crippen molar-refractivity contribution in [1.29, 1.82) is 5.26 Å². The second-order valence-corrected chi connectivity index (χ2v) is 11.2. The topological polar surface area (TPSA) is 157 Å². The van der Waals surface area contributed by atoms with Crippen molar-refractivity contribution in [2.24, 2.45) is 11.1 Å². The lowest BCUT2D eigenvalue weighted by Crippen LogP contribution is -2.45. The van der Waals surface area contributed by atoms with E-state index in [1.165, 1.54) is 28.0 Å². The zero-order valence-corrected chi connectivity index (χ0v) is 20.4. The van der Waals surface area contributed by atoms with Crippen LogP contribution >= 0.6 is 46.3 Å². The van der Waals surface area contributed by atoms with E-state index < -0.39 is 0 Å². The van der Waals surface area contributed by atoms with Crippen molar-refractivity contribution in [3.63, 3.8) is 0 Å². The molecule has 1 spiro atoms.